The topological polar surface area (TPSA) is 44.8 Å². The van der Waals surface area contributed by atoms with Gasteiger partial charge in [-0.1, -0.05) is 0 Å². The molecule has 0 fully saturated rings. The number of benzene rings is 2. The van der Waals surface area contributed by atoms with E-state index in [-0.39, 0.29) is 20.7 Å². The van der Waals surface area contributed by atoms with Gasteiger partial charge in [-0.15, -0.1) is 0 Å². The second-order valence-corrected chi connectivity index (χ2v) is 8.10. The van der Waals surface area contributed by atoms with Crippen molar-refractivity contribution in [1.29, 1.82) is 0 Å². The molecule has 0 radical (unpaired) electrons. The van der Waals surface area contributed by atoms with Crippen molar-refractivity contribution in [1.82, 2.24) is 0 Å². The summed E-state index contributed by atoms with van der Waals surface area (Å²) in [5.74, 6) is 4.07. The Balaban J connectivity index is 2.40. The summed E-state index contributed by atoms with van der Waals surface area (Å²) in [4.78, 5) is 12.9. The molecule has 0 atom stereocenters. The molecule has 0 spiro atoms. The normalized spacial score (nSPS) is 11.2. The number of Topliss-reactive ketones (excluding diaryl/α,β-unsaturated/α-hetero) is 1. The van der Waals surface area contributed by atoms with Crippen LogP contribution in [0, 0.1) is 0 Å². The van der Waals surface area contributed by atoms with Gasteiger partial charge in [0, 0.05) is 0 Å². The summed E-state index contributed by atoms with van der Waals surface area (Å²) >= 11 is 3.64. The molecule has 0 heterocycles. The molecule has 2 aromatic carbocycles. The van der Waals surface area contributed by atoms with Crippen molar-refractivity contribution in [3.8, 4) is 17.2 Å². The van der Waals surface area contributed by atoms with Gasteiger partial charge in [-0.25, -0.2) is 0 Å². The van der Waals surface area contributed by atoms with Crippen LogP contribution in [0.4, 0.5) is 0 Å². The SMILES string of the molecule is COc1ccc(/C=C(\C)C(=O)c2cc(OC)c(OC)c([Se]C)c2)cc1Br. The van der Waals surface area contributed by atoms with Gasteiger partial charge in [-0.2, -0.15) is 0 Å². The van der Waals surface area contributed by atoms with Gasteiger partial charge in [0.05, 0.1) is 0 Å². The first kappa shape index (κ1) is 20.6. The van der Waals surface area contributed by atoms with Crippen LogP contribution in [0.15, 0.2) is 40.4 Å². The van der Waals surface area contributed by atoms with Crippen LogP contribution in [-0.2, 0) is 0 Å². The van der Waals surface area contributed by atoms with E-state index in [0.29, 0.717) is 22.6 Å². The van der Waals surface area contributed by atoms with Crippen molar-refractivity contribution >= 4 is 47.2 Å². The Kier molecular flexibility index (Phi) is 7.32. The third kappa shape index (κ3) is 4.50. The van der Waals surface area contributed by atoms with Crippen molar-refractivity contribution in [3.05, 3.63) is 51.5 Å². The zero-order valence-corrected chi connectivity index (χ0v) is 18.7. The maximum absolute atomic E-state index is 12.9. The van der Waals surface area contributed by atoms with E-state index in [4.69, 9.17) is 14.2 Å². The maximum atomic E-state index is 12.9. The number of ketones is 1. The number of hydrogen-bond donors (Lipinski definition) is 0. The summed E-state index contributed by atoms with van der Waals surface area (Å²) < 4.78 is 17.9. The Bertz CT molecular complexity index is 821. The minimum absolute atomic E-state index is 0.0385. The van der Waals surface area contributed by atoms with Gasteiger partial charge in [0.15, 0.2) is 0 Å². The summed E-state index contributed by atoms with van der Waals surface area (Å²) in [6.45, 7) is 1.81. The molecule has 0 aliphatic carbocycles. The quantitative estimate of drug-likeness (QED) is 0.337. The van der Waals surface area contributed by atoms with Crippen molar-refractivity contribution in [2.24, 2.45) is 0 Å². The standard InChI is InChI=1S/C20H21BrO4Se/c1-12(8-13-6-7-16(23-2)15(21)9-13)19(22)14-10-17(24-3)20(25-4)18(11-14)26-5/h6-11H,1-5H3/b12-8+. The Morgan fingerprint density at radius 2 is 1.73 bits per heavy atom. The van der Waals surface area contributed by atoms with Gasteiger partial charge >= 0.3 is 169 Å². The molecule has 0 aliphatic heterocycles. The molecule has 0 saturated heterocycles. The van der Waals surface area contributed by atoms with Crippen LogP contribution < -0.4 is 18.7 Å². The molecule has 0 saturated carbocycles. The van der Waals surface area contributed by atoms with Gasteiger partial charge in [0.1, 0.15) is 0 Å². The molecule has 2 rings (SSSR count). The van der Waals surface area contributed by atoms with Crippen LogP contribution in [-0.4, -0.2) is 42.1 Å². The van der Waals surface area contributed by atoms with E-state index in [0.717, 1.165) is 20.2 Å². The van der Waals surface area contributed by atoms with Crippen molar-refractivity contribution in [2.75, 3.05) is 21.3 Å². The van der Waals surface area contributed by atoms with E-state index in [2.05, 4.69) is 21.8 Å². The van der Waals surface area contributed by atoms with Gasteiger partial charge in [-0.3, -0.25) is 0 Å². The Hall–Kier alpha value is -1.75. The van der Waals surface area contributed by atoms with Crippen molar-refractivity contribution in [3.63, 3.8) is 0 Å². The van der Waals surface area contributed by atoms with Gasteiger partial charge < -0.3 is 0 Å². The summed E-state index contributed by atoms with van der Waals surface area (Å²) in [6, 6.07) is 9.32. The van der Waals surface area contributed by atoms with E-state index in [1.54, 1.807) is 27.4 Å². The summed E-state index contributed by atoms with van der Waals surface area (Å²) in [7, 11) is 4.81. The van der Waals surface area contributed by atoms with E-state index in [9.17, 15) is 4.79 Å². The second kappa shape index (κ2) is 9.26. The molecular formula is C20H21BrO4Se. The predicted molar refractivity (Wildman–Crippen MR) is 109 cm³/mol. The third-order valence-corrected chi connectivity index (χ3v) is 6.02. The molecule has 138 valence electrons. The predicted octanol–water partition coefficient (Wildman–Crippen LogP) is 4.14. The van der Waals surface area contributed by atoms with Crippen LogP contribution in [0.1, 0.15) is 22.8 Å². The average Bonchev–Trinajstić information content (AvgIpc) is 2.66. The fourth-order valence-electron chi connectivity index (χ4n) is 2.53. The zero-order chi connectivity index (χ0) is 19.3. The van der Waals surface area contributed by atoms with E-state index in [1.807, 2.05) is 37.3 Å². The summed E-state index contributed by atoms with van der Waals surface area (Å²) in [6.07, 6.45) is 1.86. The first-order valence-corrected chi connectivity index (χ1v) is 11.2. The molecule has 0 aliphatic rings. The third-order valence-electron chi connectivity index (χ3n) is 3.84. The van der Waals surface area contributed by atoms with Gasteiger partial charge in [0.2, 0.25) is 0 Å². The molecule has 0 amide bonds. The van der Waals surface area contributed by atoms with Crippen LogP contribution in [0.2, 0.25) is 5.82 Å². The number of rotatable bonds is 7. The average molecular weight is 484 g/mol. The van der Waals surface area contributed by atoms with Gasteiger partial charge in [0.25, 0.3) is 0 Å². The molecule has 0 unspecified atom stereocenters. The van der Waals surface area contributed by atoms with E-state index in [1.165, 1.54) is 0 Å². The first-order valence-electron chi connectivity index (χ1n) is 7.81. The van der Waals surface area contributed by atoms with Crippen LogP contribution in [0.3, 0.4) is 0 Å². The Labute approximate surface area is 168 Å². The molecule has 26 heavy (non-hydrogen) atoms. The second-order valence-electron chi connectivity index (χ2n) is 5.46. The Morgan fingerprint density at radius 3 is 2.27 bits per heavy atom. The molecule has 0 bridgehead atoms. The number of carbonyl (C=O) groups is 1. The van der Waals surface area contributed by atoms with Crippen molar-refractivity contribution in [2.45, 2.75) is 12.7 Å². The number of ether oxygens (including phenoxy) is 3. The van der Waals surface area contributed by atoms with E-state index >= 15 is 0 Å². The van der Waals surface area contributed by atoms with E-state index < -0.39 is 0 Å². The molecule has 4 nitrogen and oxygen atoms in total. The zero-order valence-electron chi connectivity index (χ0n) is 15.4. The monoisotopic (exact) mass is 484 g/mol. The van der Waals surface area contributed by atoms with Crippen LogP contribution in [0.25, 0.3) is 6.08 Å². The number of hydrogen-bond acceptors (Lipinski definition) is 4. The minimum atomic E-state index is -0.0385. The van der Waals surface area contributed by atoms with Crippen molar-refractivity contribution < 1.29 is 19.0 Å². The summed E-state index contributed by atoms with van der Waals surface area (Å²) in [5, 5.41) is 0. The number of methoxy groups -OCH3 is 3. The van der Waals surface area contributed by atoms with Crippen LogP contribution >= 0.6 is 15.9 Å². The molecule has 0 aromatic heterocycles. The van der Waals surface area contributed by atoms with Crippen LogP contribution in [0.5, 0.6) is 17.2 Å². The molecule has 0 N–H and O–H groups in total. The number of carbonyl (C=O) groups excluding carboxylic acids is 1. The number of halogens is 1. The first-order chi connectivity index (χ1) is 12.4. The van der Waals surface area contributed by atoms with Gasteiger partial charge in [-0.05, 0) is 0 Å². The molecular weight excluding hydrogens is 463 g/mol. The molecule has 2 aromatic rings. The fraction of sp³-hybridized carbons (Fsp3) is 0.250. The Morgan fingerprint density at radius 1 is 1.04 bits per heavy atom. The summed E-state index contributed by atoms with van der Waals surface area (Å²) in [5.41, 5.74) is 2.16. The number of allylic oxidation sites excluding steroid dienone is 1. The fourth-order valence-corrected chi connectivity index (χ4v) is 4.37. The molecule has 6 heteroatoms.